The van der Waals surface area contributed by atoms with Gasteiger partial charge in [0.1, 0.15) is 17.3 Å². The Morgan fingerprint density at radius 2 is 1.83 bits per heavy atom. The van der Waals surface area contributed by atoms with E-state index in [-0.39, 0.29) is 29.0 Å². The van der Waals surface area contributed by atoms with Gasteiger partial charge in [-0.15, -0.1) is 0 Å². The molecular formula is C10H10N2O5S. The highest BCUT2D eigenvalue weighted by atomic mass is 32.2. The van der Waals surface area contributed by atoms with Gasteiger partial charge in [-0.25, -0.2) is 8.42 Å². The van der Waals surface area contributed by atoms with E-state index in [2.05, 4.69) is 10.1 Å². The van der Waals surface area contributed by atoms with E-state index in [9.17, 15) is 18.6 Å². The number of aromatic hydroxyl groups is 2. The molecule has 7 nitrogen and oxygen atoms in total. The van der Waals surface area contributed by atoms with Gasteiger partial charge in [0.25, 0.3) is 5.89 Å². The average molecular weight is 270 g/mol. The van der Waals surface area contributed by atoms with Crippen molar-refractivity contribution in [2.24, 2.45) is 0 Å². The molecule has 0 atom stereocenters. The molecule has 0 aliphatic rings. The molecule has 18 heavy (non-hydrogen) atoms. The predicted molar refractivity (Wildman–Crippen MR) is 61.6 cm³/mol. The van der Waals surface area contributed by atoms with Crippen molar-refractivity contribution in [2.75, 3.05) is 6.26 Å². The zero-order chi connectivity index (χ0) is 13.3. The zero-order valence-electron chi connectivity index (χ0n) is 9.36. The van der Waals surface area contributed by atoms with Gasteiger partial charge >= 0.3 is 0 Å². The first-order valence-corrected chi connectivity index (χ1v) is 6.93. The van der Waals surface area contributed by atoms with Gasteiger partial charge in [0.15, 0.2) is 15.7 Å². The Kier molecular flexibility index (Phi) is 2.95. The van der Waals surface area contributed by atoms with Crippen LogP contribution in [-0.4, -0.2) is 35.0 Å². The number of aromatic nitrogens is 2. The number of benzene rings is 1. The van der Waals surface area contributed by atoms with E-state index in [1.165, 1.54) is 12.1 Å². The molecule has 8 heteroatoms. The summed E-state index contributed by atoms with van der Waals surface area (Å²) in [5.41, 5.74) is 0.305. The molecule has 0 bridgehead atoms. The van der Waals surface area contributed by atoms with Gasteiger partial charge in [0.2, 0.25) is 0 Å². The summed E-state index contributed by atoms with van der Waals surface area (Å²) in [5.74, 6) is -0.600. The number of nitrogens with zero attached hydrogens (tertiary/aromatic N) is 2. The van der Waals surface area contributed by atoms with E-state index in [0.29, 0.717) is 5.56 Å². The lowest BCUT2D eigenvalue weighted by molar-refractivity contribution is 0.422. The number of rotatable bonds is 3. The van der Waals surface area contributed by atoms with Crippen molar-refractivity contribution in [1.29, 1.82) is 0 Å². The fourth-order valence-corrected chi connectivity index (χ4v) is 1.97. The quantitative estimate of drug-likeness (QED) is 0.843. The standard InChI is InChI=1S/C10H10N2O5S/c1-18(15,16)5-9-11-10(17-12-9)6-2-7(13)4-8(14)3-6/h2-4,13-14H,5H2,1H3. The Morgan fingerprint density at radius 1 is 1.22 bits per heavy atom. The lowest BCUT2D eigenvalue weighted by Crippen LogP contribution is -2.02. The Hall–Kier alpha value is -2.09. The Labute approximate surface area is 103 Å². The van der Waals surface area contributed by atoms with Gasteiger partial charge in [-0.2, -0.15) is 4.98 Å². The van der Waals surface area contributed by atoms with Crippen molar-refractivity contribution < 1.29 is 23.2 Å². The van der Waals surface area contributed by atoms with Crippen molar-refractivity contribution in [3.05, 3.63) is 24.0 Å². The summed E-state index contributed by atoms with van der Waals surface area (Å²) in [6.45, 7) is 0. The molecule has 96 valence electrons. The van der Waals surface area contributed by atoms with Crippen LogP contribution < -0.4 is 0 Å². The normalized spacial score (nSPS) is 11.6. The first kappa shape index (κ1) is 12.4. The van der Waals surface area contributed by atoms with Gasteiger partial charge in [-0.05, 0) is 12.1 Å². The van der Waals surface area contributed by atoms with E-state index >= 15 is 0 Å². The topological polar surface area (TPSA) is 114 Å². The molecule has 1 aromatic heterocycles. The molecule has 0 unspecified atom stereocenters. The summed E-state index contributed by atoms with van der Waals surface area (Å²) >= 11 is 0. The van der Waals surface area contributed by atoms with Crippen LogP contribution in [0.1, 0.15) is 5.82 Å². The summed E-state index contributed by atoms with van der Waals surface area (Å²) in [7, 11) is -3.25. The smallest absolute Gasteiger partial charge is 0.258 e. The highest BCUT2D eigenvalue weighted by molar-refractivity contribution is 7.89. The molecule has 2 aromatic rings. The first-order chi connectivity index (χ1) is 8.33. The Morgan fingerprint density at radius 3 is 2.39 bits per heavy atom. The minimum Gasteiger partial charge on any atom is -0.508 e. The van der Waals surface area contributed by atoms with Crippen LogP contribution >= 0.6 is 0 Å². The number of phenolic OH excluding ortho intramolecular Hbond substituents is 2. The lowest BCUT2D eigenvalue weighted by atomic mass is 10.2. The molecule has 0 radical (unpaired) electrons. The molecule has 2 rings (SSSR count). The number of phenols is 2. The second-order valence-electron chi connectivity index (χ2n) is 3.82. The average Bonchev–Trinajstić information content (AvgIpc) is 2.61. The molecule has 0 aliphatic heterocycles. The van der Waals surface area contributed by atoms with E-state index in [0.717, 1.165) is 12.3 Å². The fourth-order valence-electron chi connectivity index (χ4n) is 1.38. The zero-order valence-corrected chi connectivity index (χ0v) is 10.2. The molecule has 0 saturated carbocycles. The second kappa shape index (κ2) is 4.30. The van der Waals surface area contributed by atoms with Crippen molar-refractivity contribution in [2.45, 2.75) is 5.75 Å². The maximum Gasteiger partial charge on any atom is 0.258 e. The third-order valence-corrected chi connectivity index (χ3v) is 2.79. The number of sulfone groups is 1. The van der Waals surface area contributed by atoms with Gasteiger partial charge in [0.05, 0.1) is 0 Å². The van der Waals surface area contributed by atoms with Crippen LogP contribution in [0, 0.1) is 0 Å². The van der Waals surface area contributed by atoms with Crippen molar-refractivity contribution >= 4 is 9.84 Å². The molecular weight excluding hydrogens is 260 g/mol. The monoisotopic (exact) mass is 270 g/mol. The molecule has 0 spiro atoms. The molecule has 0 fully saturated rings. The molecule has 0 saturated heterocycles. The van der Waals surface area contributed by atoms with Gasteiger partial charge in [-0.3, -0.25) is 0 Å². The minimum absolute atomic E-state index is 0.0235. The summed E-state index contributed by atoms with van der Waals surface area (Å²) in [6.07, 6.45) is 1.06. The molecule has 0 aliphatic carbocycles. The van der Waals surface area contributed by atoms with Crippen LogP contribution in [0.15, 0.2) is 22.7 Å². The van der Waals surface area contributed by atoms with Crippen LogP contribution in [0.3, 0.4) is 0 Å². The molecule has 1 aromatic carbocycles. The maximum absolute atomic E-state index is 11.1. The largest absolute Gasteiger partial charge is 0.508 e. The summed E-state index contributed by atoms with van der Waals surface area (Å²) in [6, 6.07) is 3.78. The van der Waals surface area contributed by atoms with Crippen molar-refractivity contribution in [3.63, 3.8) is 0 Å². The van der Waals surface area contributed by atoms with Crippen LogP contribution in [0.4, 0.5) is 0 Å². The lowest BCUT2D eigenvalue weighted by Gasteiger charge is -1.97. The third kappa shape index (κ3) is 2.98. The maximum atomic E-state index is 11.1. The van der Waals surface area contributed by atoms with E-state index < -0.39 is 9.84 Å². The second-order valence-corrected chi connectivity index (χ2v) is 5.96. The highest BCUT2D eigenvalue weighted by Gasteiger charge is 2.14. The molecule has 2 N–H and O–H groups in total. The van der Waals surface area contributed by atoms with E-state index in [1.807, 2.05) is 0 Å². The summed E-state index contributed by atoms with van der Waals surface area (Å²) in [4.78, 5) is 3.87. The SMILES string of the molecule is CS(=O)(=O)Cc1noc(-c2cc(O)cc(O)c2)n1. The van der Waals surface area contributed by atoms with Crippen LogP contribution in [0.25, 0.3) is 11.5 Å². The molecule has 0 amide bonds. The predicted octanol–water partition coefficient (Wildman–Crippen LogP) is 0.692. The minimum atomic E-state index is -3.25. The van der Waals surface area contributed by atoms with Gasteiger partial charge in [-0.1, -0.05) is 5.16 Å². The summed E-state index contributed by atoms with van der Waals surface area (Å²) in [5, 5.41) is 22.1. The Bertz CT molecular complexity index is 657. The number of hydrogen-bond acceptors (Lipinski definition) is 7. The third-order valence-electron chi connectivity index (χ3n) is 2.01. The molecule has 1 heterocycles. The van der Waals surface area contributed by atoms with Crippen molar-refractivity contribution in [1.82, 2.24) is 10.1 Å². The summed E-state index contributed by atoms with van der Waals surface area (Å²) < 4.78 is 27.0. The fraction of sp³-hybridized carbons (Fsp3) is 0.200. The van der Waals surface area contributed by atoms with E-state index in [1.54, 1.807) is 0 Å². The van der Waals surface area contributed by atoms with E-state index in [4.69, 9.17) is 4.52 Å². The number of hydrogen-bond donors (Lipinski definition) is 2. The van der Waals surface area contributed by atoms with Crippen LogP contribution in [-0.2, 0) is 15.6 Å². The van der Waals surface area contributed by atoms with Crippen LogP contribution in [0.2, 0.25) is 0 Å². The van der Waals surface area contributed by atoms with Crippen LogP contribution in [0.5, 0.6) is 11.5 Å². The van der Waals surface area contributed by atoms with Gasteiger partial charge in [0, 0.05) is 17.9 Å². The van der Waals surface area contributed by atoms with Gasteiger partial charge < -0.3 is 14.7 Å². The van der Waals surface area contributed by atoms with Crippen molar-refractivity contribution in [3.8, 4) is 23.0 Å². The highest BCUT2D eigenvalue weighted by Crippen LogP contribution is 2.27. The first-order valence-electron chi connectivity index (χ1n) is 4.87. The Balaban J connectivity index is 2.35.